The highest BCUT2D eigenvalue weighted by molar-refractivity contribution is 6.30. The van der Waals surface area contributed by atoms with E-state index in [0.29, 0.717) is 42.6 Å². The summed E-state index contributed by atoms with van der Waals surface area (Å²) in [6.45, 7) is 3.86. The van der Waals surface area contributed by atoms with Crippen LogP contribution in [0.2, 0.25) is 5.02 Å². The minimum atomic E-state index is -0.163. The monoisotopic (exact) mass is 507 g/mol. The van der Waals surface area contributed by atoms with Crippen molar-refractivity contribution in [1.29, 1.82) is 0 Å². The zero-order valence-electron chi connectivity index (χ0n) is 20.3. The molecule has 3 aromatic rings. The molecule has 0 unspecified atom stereocenters. The molecule has 1 aliphatic heterocycles. The molecule has 0 atom stereocenters. The zero-order chi connectivity index (χ0) is 25.3. The largest absolute Gasteiger partial charge is 0.492 e. The van der Waals surface area contributed by atoms with Gasteiger partial charge in [0.25, 0.3) is 11.8 Å². The van der Waals surface area contributed by atoms with E-state index in [1.807, 2.05) is 54.3 Å². The Labute approximate surface area is 216 Å². The number of aryl methyl sites for hydroxylation is 1. The van der Waals surface area contributed by atoms with Gasteiger partial charge in [-0.05, 0) is 68.3 Å². The predicted molar refractivity (Wildman–Crippen MR) is 139 cm³/mol. The average Bonchev–Trinajstić information content (AvgIpc) is 2.91. The fourth-order valence-corrected chi connectivity index (χ4v) is 4.32. The zero-order valence-corrected chi connectivity index (χ0v) is 21.0. The third-order valence-corrected chi connectivity index (χ3v) is 6.37. The Bertz CT molecular complexity index is 1160. The van der Waals surface area contributed by atoms with Gasteiger partial charge in [0.2, 0.25) is 0 Å². The molecule has 1 fully saturated rings. The lowest BCUT2D eigenvalue weighted by Gasteiger charge is -2.32. The van der Waals surface area contributed by atoms with Crippen LogP contribution in [0, 0.1) is 6.92 Å². The molecule has 2 heterocycles. The third-order valence-electron chi connectivity index (χ3n) is 6.12. The topological polar surface area (TPSA) is 80.8 Å². The number of nitrogens with one attached hydrogen (secondary N) is 1. The van der Waals surface area contributed by atoms with Gasteiger partial charge in [0.05, 0.1) is 17.8 Å². The van der Waals surface area contributed by atoms with Crippen LogP contribution < -0.4 is 14.8 Å². The molecule has 0 saturated carbocycles. The molecule has 8 heteroatoms. The molecule has 1 N–H and O–H groups in total. The lowest BCUT2D eigenvalue weighted by atomic mass is 9.89. The quantitative estimate of drug-likeness (QED) is 0.427. The van der Waals surface area contributed by atoms with Crippen LogP contribution in [0.3, 0.4) is 0 Å². The van der Waals surface area contributed by atoms with Gasteiger partial charge in [-0.15, -0.1) is 0 Å². The number of hydrogen-bond donors (Lipinski definition) is 1. The Kier molecular flexibility index (Phi) is 8.79. The molecular weight excluding hydrogens is 478 g/mol. The molecule has 36 heavy (non-hydrogen) atoms. The highest BCUT2D eigenvalue weighted by Crippen LogP contribution is 2.29. The minimum absolute atomic E-state index is 0.0201. The first-order valence-corrected chi connectivity index (χ1v) is 12.5. The van der Waals surface area contributed by atoms with E-state index >= 15 is 0 Å². The normalized spacial score (nSPS) is 13.8. The number of hydrogen-bond acceptors (Lipinski definition) is 5. The molecule has 0 bridgehead atoms. The number of benzene rings is 2. The van der Waals surface area contributed by atoms with Gasteiger partial charge in [0.1, 0.15) is 18.1 Å². The Morgan fingerprint density at radius 3 is 2.39 bits per heavy atom. The summed E-state index contributed by atoms with van der Waals surface area (Å²) in [5.74, 6) is 1.26. The highest BCUT2D eigenvalue weighted by Gasteiger charge is 2.28. The van der Waals surface area contributed by atoms with Crippen molar-refractivity contribution in [3.8, 4) is 11.5 Å². The molecule has 0 spiro atoms. The van der Waals surface area contributed by atoms with E-state index in [1.54, 1.807) is 24.3 Å². The summed E-state index contributed by atoms with van der Waals surface area (Å²) in [5.41, 5.74) is 2.24. The van der Waals surface area contributed by atoms with Gasteiger partial charge in [-0.1, -0.05) is 29.8 Å². The number of rotatable bonds is 9. The molecule has 2 amide bonds. The summed E-state index contributed by atoms with van der Waals surface area (Å²) in [5, 5.41) is 3.56. The summed E-state index contributed by atoms with van der Waals surface area (Å²) in [6.07, 6.45) is 1.47. The lowest BCUT2D eigenvalue weighted by Crippen LogP contribution is -2.41. The molecular formula is C28H30ClN3O4. The van der Waals surface area contributed by atoms with E-state index in [1.165, 1.54) is 0 Å². The number of halogens is 1. The summed E-state index contributed by atoms with van der Waals surface area (Å²) < 4.78 is 11.3. The number of nitrogens with zero attached hydrogens (tertiary/aromatic N) is 2. The van der Waals surface area contributed by atoms with Crippen LogP contribution in [0.5, 0.6) is 11.5 Å². The Morgan fingerprint density at radius 2 is 1.67 bits per heavy atom. The highest BCUT2D eigenvalue weighted by atomic mass is 35.5. The van der Waals surface area contributed by atoms with Crippen molar-refractivity contribution in [2.24, 2.45) is 0 Å². The smallest absolute Gasteiger partial charge is 0.260 e. The fraction of sp³-hybridized carbons (Fsp3) is 0.321. The van der Waals surface area contributed by atoms with Crippen molar-refractivity contribution < 1.29 is 19.1 Å². The van der Waals surface area contributed by atoms with Crippen molar-refractivity contribution in [2.45, 2.75) is 25.7 Å². The third kappa shape index (κ3) is 6.98. The van der Waals surface area contributed by atoms with E-state index in [9.17, 15) is 9.59 Å². The number of pyridine rings is 1. The number of piperidine rings is 1. The summed E-state index contributed by atoms with van der Waals surface area (Å²) in [7, 11) is 0. The van der Waals surface area contributed by atoms with E-state index < -0.39 is 0 Å². The van der Waals surface area contributed by atoms with Gasteiger partial charge in [0, 0.05) is 29.7 Å². The fourth-order valence-electron chi connectivity index (χ4n) is 4.19. The number of amides is 2. The number of carbonyl (C=O) groups is 2. The predicted octanol–water partition coefficient (Wildman–Crippen LogP) is 4.64. The van der Waals surface area contributed by atoms with Gasteiger partial charge in [0.15, 0.2) is 6.61 Å². The second-order valence-corrected chi connectivity index (χ2v) is 9.14. The van der Waals surface area contributed by atoms with Gasteiger partial charge < -0.3 is 19.7 Å². The first-order chi connectivity index (χ1) is 17.5. The van der Waals surface area contributed by atoms with E-state index in [4.69, 9.17) is 26.1 Å². The maximum absolute atomic E-state index is 12.9. The number of ether oxygens (including phenoxy) is 2. The summed E-state index contributed by atoms with van der Waals surface area (Å²) in [4.78, 5) is 32.1. The van der Waals surface area contributed by atoms with Crippen molar-refractivity contribution >= 4 is 23.4 Å². The van der Waals surface area contributed by atoms with Crippen LogP contribution in [-0.4, -0.2) is 54.5 Å². The minimum Gasteiger partial charge on any atom is -0.492 e. The molecule has 4 rings (SSSR count). The van der Waals surface area contributed by atoms with Gasteiger partial charge in [-0.2, -0.15) is 0 Å². The summed E-state index contributed by atoms with van der Waals surface area (Å²) >= 11 is 5.89. The molecule has 7 nitrogen and oxygen atoms in total. The Balaban J connectivity index is 1.29. The molecule has 0 aliphatic carbocycles. The average molecular weight is 508 g/mol. The first-order valence-electron chi connectivity index (χ1n) is 12.1. The van der Waals surface area contributed by atoms with Gasteiger partial charge >= 0.3 is 0 Å². The second-order valence-electron chi connectivity index (χ2n) is 8.70. The maximum atomic E-state index is 12.9. The number of para-hydroxylation sites is 1. The van der Waals surface area contributed by atoms with Crippen LogP contribution in [0.1, 0.15) is 40.5 Å². The Hall–Kier alpha value is -3.58. The van der Waals surface area contributed by atoms with Crippen LogP contribution in [-0.2, 0) is 4.79 Å². The summed E-state index contributed by atoms with van der Waals surface area (Å²) in [6, 6.07) is 20.1. The first kappa shape index (κ1) is 25.5. The molecule has 1 aliphatic rings. The Morgan fingerprint density at radius 1 is 0.972 bits per heavy atom. The van der Waals surface area contributed by atoms with Crippen LogP contribution in [0.25, 0.3) is 0 Å². The number of likely N-dealkylation sites (tertiary alicyclic amines) is 1. The number of aromatic nitrogens is 1. The van der Waals surface area contributed by atoms with Crippen molar-refractivity contribution in [3.63, 3.8) is 0 Å². The van der Waals surface area contributed by atoms with Crippen molar-refractivity contribution in [3.05, 3.63) is 88.7 Å². The second kappa shape index (κ2) is 12.4. The van der Waals surface area contributed by atoms with Crippen molar-refractivity contribution in [2.75, 3.05) is 32.8 Å². The van der Waals surface area contributed by atoms with Crippen molar-refractivity contribution in [1.82, 2.24) is 15.2 Å². The number of carbonyl (C=O) groups excluding carboxylic acids is 2. The van der Waals surface area contributed by atoms with Crippen LogP contribution >= 0.6 is 11.6 Å². The molecule has 2 aromatic carbocycles. The van der Waals surface area contributed by atoms with Gasteiger partial charge in [-0.25, -0.2) is 0 Å². The standard InChI is InChI=1S/C28H30ClN3O4/c1-20-7-12-25(28(34)30-15-18-35-23-5-3-2-4-6-23)27(31-20)21-13-16-32(17-14-21)26(33)19-36-24-10-8-22(29)9-11-24/h2-12,21H,13-19H2,1H3,(H,30,34). The van der Waals surface area contributed by atoms with Crippen LogP contribution in [0.4, 0.5) is 0 Å². The molecule has 188 valence electrons. The van der Waals surface area contributed by atoms with Crippen LogP contribution in [0.15, 0.2) is 66.7 Å². The van der Waals surface area contributed by atoms with E-state index in [0.717, 1.165) is 30.0 Å². The van der Waals surface area contributed by atoms with E-state index in [-0.39, 0.29) is 24.3 Å². The maximum Gasteiger partial charge on any atom is 0.260 e. The molecule has 1 aromatic heterocycles. The molecule has 1 saturated heterocycles. The van der Waals surface area contributed by atoms with Gasteiger partial charge in [-0.3, -0.25) is 14.6 Å². The van der Waals surface area contributed by atoms with E-state index in [2.05, 4.69) is 5.32 Å². The molecule has 0 radical (unpaired) electrons. The SMILES string of the molecule is Cc1ccc(C(=O)NCCOc2ccccc2)c(C2CCN(C(=O)COc3ccc(Cl)cc3)CC2)n1. The lowest BCUT2D eigenvalue weighted by molar-refractivity contribution is -0.134.